The number of alkyl halides is 1. The molecule has 154 valence electrons. The van der Waals surface area contributed by atoms with Gasteiger partial charge in [0.15, 0.2) is 6.17 Å². The van der Waals surface area contributed by atoms with Crippen molar-refractivity contribution >= 4 is 44.9 Å². The Labute approximate surface area is 173 Å². The van der Waals surface area contributed by atoms with Crippen LogP contribution >= 0.6 is 22.9 Å². The van der Waals surface area contributed by atoms with Crippen LogP contribution in [0.2, 0.25) is 5.02 Å². The fourth-order valence-electron chi connectivity index (χ4n) is 2.90. The molecule has 3 rings (SSSR count). The van der Waals surface area contributed by atoms with Gasteiger partial charge in [-0.25, -0.2) is 13.6 Å². The summed E-state index contributed by atoms with van der Waals surface area (Å²) in [5, 5.41) is 10.7. The number of thiophene rings is 1. The predicted octanol–water partition coefficient (Wildman–Crippen LogP) is 3.94. The number of esters is 1. The highest BCUT2D eigenvalue weighted by Crippen LogP contribution is 2.42. The van der Waals surface area contributed by atoms with Crippen molar-refractivity contribution in [3.05, 3.63) is 51.1 Å². The number of carbonyl (C=O) groups is 2. The van der Waals surface area contributed by atoms with Gasteiger partial charge in [0, 0.05) is 21.5 Å². The van der Waals surface area contributed by atoms with Gasteiger partial charge in [0.2, 0.25) is 5.91 Å². The van der Waals surface area contributed by atoms with Gasteiger partial charge in [0.1, 0.15) is 22.6 Å². The van der Waals surface area contributed by atoms with Crippen molar-refractivity contribution in [3.8, 4) is 5.75 Å². The number of phenolic OH excluding ortho intramolecular Hbond substituents is 1. The molecule has 0 radical (unpaired) electrons. The molecule has 0 fully saturated rings. The van der Waals surface area contributed by atoms with Gasteiger partial charge in [0.05, 0.1) is 17.9 Å². The van der Waals surface area contributed by atoms with E-state index in [-0.39, 0.29) is 40.0 Å². The summed E-state index contributed by atoms with van der Waals surface area (Å²) in [6.45, 7) is 1.36. The van der Waals surface area contributed by atoms with E-state index in [9.17, 15) is 23.5 Å². The second kappa shape index (κ2) is 8.48. The molecule has 1 aromatic heterocycles. The summed E-state index contributed by atoms with van der Waals surface area (Å²) in [5.74, 6) is -2.75. The van der Waals surface area contributed by atoms with E-state index < -0.39 is 30.0 Å². The number of fused-ring (bicyclic) bond motifs is 1. The van der Waals surface area contributed by atoms with E-state index >= 15 is 0 Å². The normalized spacial score (nSPS) is 19.0. The van der Waals surface area contributed by atoms with Gasteiger partial charge < -0.3 is 20.3 Å². The maximum Gasteiger partial charge on any atom is 0.348 e. The van der Waals surface area contributed by atoms with E-state index in [4.69, 9.17) is 26.8 Å². The smallest absolute Gasteiger partial charge is 0.348 e. The number of phenols is 1. The van der Waals surface area contributed by atoms with E-state index in [0.29, 0.717) is 10.1 Å². The Bertz CT molecular complexity index is 1050. The van der Waals surface area contributed by atoms with E-state index in [1.807, 2.05) is 0 Å². The molecule has 3 N–H and O–H groups in total. The summed E-state index contributed by atoms with van der Waals surface area (Å²) in [7, 11) is 0. The Balaban J connectivity index is 1.97. The first kappa shape index (κ1) is 21.2. The van der Waals surface area contributed by atoms with Crippen LogP contribution in [0.1, 0.15) is 22.2 Å². The standard InChI is InChI=1S/C19H16ClF2NO5S/c1-2-27-19(26)16-9(14-10(20)3-4-13(24)17(14)29-16)7-28-15-11(21)5-8(18(23)25)6-12(15)22/h3-6,11,15,24H,2,7H2,1H3,(H2,23,25). The number of hydrogen-bond donors (Lipinski definition) is 2. The summed E-state index contributed by atoms with van der Waals surface area (Å²) in [5.41, 5.74) is 5.00. The Morgan fingerprint density at radius 1 is 1.38 bits per heavy atom. The minimum absolute atomic E-state index is 0.104. The largest absolute Gasteiger partial charge is 0.506 e. The lowest BCUT2D eigenvalue weighted by Gasteiger charge is -2.22. The summed E-state index contributed by atoms with van der Waals surface area (Å²) < 4.78 is 39.3. The predicted molar refractivity (Wildman–Crippen MR) is 104 cm³/mol. The van der Waals surface area contributed by atoms with Crippen LogP contribution in [-0.2, 0) is 20.9 Å². The molecule has 1 aliphatic rings. The maximum atomic E-state index is 14.3. The summed E-state index contributed by atoms with van der Waals surface area (Å²) in [6.07, 6.45) is -1.91. The van der Waals surface area contributed by atoms with Crippen molar-refractivity contribution in [3.63, 3.8) is 0 Å². The molecule has 2 unspecified atom stereocenters. The molecule has 1 amide bonds. The van der Waals surface area contributed by atoms with Gasteiger partial charge >= 0.3 is 5.97 Å². The molecule has 10 heteroatoms. The van der Waals surface area contributed by atoms with Gasteiger partial charge in [-0.15, -0.1) is 11.3 Å². The van der Waals surface area contributed by atoms with E-state index in [1.165, 1.54) is 12.1 Å². The molecular formula is C19H16ClF2NO5S. The first-order valence-corrected chi connectivity index (χ1v) is 9.68. The average Bonchev–Trinajstić information content (AvgIpc) is 3.05. The van der Waals surface area contributed by atoms with Crippen molar-refractivity contribution in [1.29, 1.82) is 0 Å². The van der Waals surface area contributed by atoms with Gasteiger partial charge in [-0.2, -0.15) is 0 Å². The Morgan fingerprint density at radius 2 is 2.10 bits per heavy atom. The summed E-state index contributed by atoms with van der Waals surface area (Å²) >= 11 is 7.17. The van der Waals surface area contributed by atoms with E-state index in [1.54, 1.807) is 6.92 Å². The zero-order valence-electron chi connectivity index (χ0n) is 15.1. The second-order valence-electron chi connectivity index (χ2n) is 6.09. The molecule has 2 atom stereocenters. The van der Waals surface area contributed by atoms with Gasteiger partial charge in [-0.05, 0) is 31.2 Å². The SMILES string of the molecule is CCOC(=O)c1sc2c(O)ccc(Cl)c2c1COC1C(F)=CC(C(N)=O)=CC1F. The van der Waals surface area contributed by atoms with Crippen LogP contribution in [0.25, 0.3) is 10.1 Å². The minimum Gasteiger partial charge on any atom is -0.506 e. The number of aromatic hydroxyl groups is 1. The number of amides is 1. The Morgan fingerprint density at radius 3 is 2.72 bits per heavy atom. The molecular weight excluding hydrogens is 428 g/mol. The van der Waals surface area contributed by atoms with Gasteiger partial charge in [-0.1, -0.05) is 11.6 Å². The highest BCUT2D eigenvalue weighted by atomic mass is 35.5. The molecule has 1 aliphatic carbocycles. The van der Waals surface area contributed by atoms with E-state index in [0.717, 1.165) is 23.5 Å². The quantitative estimate of drug-likeness (QED) is 0.659. The van der Waals surface area contributed by atoms with Gasteiger partial charge in [0.25, 0.3) is 0 Å². The zero-order chi connectivity index (χ0) is 21.3. The third-order valence-electron chi connectivity index (χ3n) is 4.21. The lowest BCUT2D eigenvalue weighted by atomic mass is 10.0. The summed E-state index contributed by atoms with van der Waals surface area (Å²) in [6, 6.07) is 2.81. The number of hydrogen-bond acceptors (Lipinski definition) is 6. The van der Waals surface area contributed by atoms with Crippen LogP contribution in [-0.4, -0.2) is 35.9 Å². The average molecular weight is 444 g/mol. The molecule has 0 spiro atoms. The fraction of sp³-hybridized carbons (Fsp3) is 0.263. The highest BCUT2D eigenvalue weighted by Gasteiger charge is 2.32. The third kappa shape index (κ3) is 4.12. The van der Waals surface area contributed by atoms with Crippen LogP contribution in [0.5, 0.6) is 5.75 Å². The third-order valence-corrected chi connectivity index (χ3v) is 5.76. The molecule has 2 aromatic rings. The molecule has 0 saturated carbocycles. The first-order chi connectivity index (χ1) is 13.7. The van der Waals surface area contributed by atoms with Crippen LogP contribution in [0.4, 0.5) is 8.78 Å². The fourth-order valence-corrected chi connectivity index (χ4v) is 4.36. The number of halogens is 3. The number of rotatable bonds is 6. The molecule has 0 saturated heterocycles. The van der Waals surface area contributed by atoms with Gasteiger partial charge in [-0.3, -0.25) is 4.79 Å². The molecule has 1 aromatic carbocycles. The number of primary amides is 1. The Kier molecular flexibility index (Phi) is 6.21. The van der Waals surface area contributed by atoms with Crippen molar-refractivity contribution in [2.75, 3.05) is 6.61 Å². The first-order valence-electron chi connectivity index (χ1n) is 8.48. The molecule has 29 heavy (non-hydrogen) atoms. The van der Waals surface area contributed by atoms with Crippen LogP contribution in [0, 0.1) is 0 Å². The monoisotopic (exact) mass is 443 g/mol. The topological polar surface area (TPSA) is 98.8 Å². The van der Waals surface area contributed by atoms with Crippen LogP contribution in [0.15, 0.2) is 35.7 Å². The van der Waals surface area contributed by atoms with Crippen molar-refractivity contribution in [2.24, 2.45) is 5.73 Å². The maximum absolute atomic E-state index is 14.3. The number of carbonyl (C=O) groups excluding carboxylic acids is 2. The summed E-state index contributed by atoms with van der Waals surface area (Å²) in [4.78, 5) is 23.6. The highest BCUT2D eigenvalue weighted by molar-refractivity contribution is 7.21. The lowest BCUT2D eigenvalue weighted by molar-refractivity contribution is -0.114. The van der Waals surface area contributed by atoms with Crippen molar-refractivity contribution in [2.45, 2.75) is 25.8 Å². The Hall–Kier alpha value is -2.49. The molecule has 0 bridgehead atoms. The number of ether oxygens (including phenoxy) is 2. The molecule has 0 aliphatic heterocycles. The number of benzene rings is 1. The van der Waals surface area contributed by atoms with Crippen molar-refractivity contribution < 1.29 is 33.0 Å². The zero-order valence-corrected chi connectivity index (χ0v) is 16.7. The van der Waals surface area contributed by atoms with Crippen LogP contribution < -0.4 is 5.73 Å². The van der Waals surface area contributed by atoms with Crippen molar-refractivity contribution in [1.82, 2.24) is 0 Å². The van der Waals surface area contributed by atoms with Crippen LogP contribution in [0.3, 0.4) is 0 Å². The number of nitrogens with two attached hydrogens (primary N) is 1. The lowest BCUT2D eigenvalue weighted by Crippen LogP contribution is -2.30. The van der Waals surface area contributed by atoms with E-state index in [2.05, 4.69) is 0 Å². The molecule has 1 heterocycles. The second-order valence-corrected chi connectivity index (χ2v) is 7.52. The minimum atomic E-state index is -1.96. The molecule has 6 nitrogen and oxygen atoms in total.